The molecule has 0 unspecified atom stereocenters. The first-order valence-corrected chi connectivity index (χ1v) is 7.80. The van der Waals surface area contributed by atoms with Crippen LogP contribution < -0.4 is 5.32 Å². The van der Waals surface area contributed by atoms with Gasteiger partial charge in [-0.3, -0.25) is 9.59 Å². The molecule has 0 fully saturated rings. The van der Waals surface area contributed by atoms with Crippen LogP contribution in [0.2, 0.25) is 0 Å². The lowest BCUT2D eigenvalue weighted by molar-refractivity contribution is 0.0827. The van der Waals surface area contributed by atoms with Crippen LogP contribution in [-0.2, 0) is 13.0 Å². The number of amides is 2. The Morgan fingerprint density at radius 3 is 2.25 bits per heavy atom. The molecule has 0 aliphatic carbocycles. The van der Waals surface area contributed by atoms with Crippen molar-refractivity contribution in [3.63, 3.8) is 0 Å². The third-order valence-electron chi connectivity index (χ3n) is 3.68. The van der Waals surface area contributed by atoms with Crippen LogP contribution in [0.15, 0.2) is 48.5 Å². The topological polar surface area (TPSA) is 69.6 Å². The molecule has 0 atom stereocenters. The van der Waals surface area contributed by atoms with Crippen LogP contribution in [0.4, 0.5) is 0 Å². The number of hydrogen-bond donors (Lipinski definition) is 2. The lowest BCUT2D eigenvalue weighted by atomic mass is 10.1. The first-order chi connectivity index (χ1) is 11.5. The molecule has 0 spiro atoms. The molecule has 2 aromatic carbocycles. The summed E-state index contributed by atoms with van der Waals surface area (Å²) >= 11 is 0. The van der Waals surface area contributed by atoms with E-state index in [2.05, 4.69) is 5.32 Å². The standard InChI is InChI=1S/C19H22N2O3/c1-21(2)19(24)17-5-3-4-16(12-17)18(23)20-11-10-14-6-8-15(13-22)9-7-14/h3-9,12,22H,10-11,13H2,1-2H3,(H,20,23). The predicted molar refractivity (Wildman–Crippen MR) is 92.9 cm³/mol. The van der Waals surface area contributed by atoms with Crippen LogP contribution in [0.1, 0.15) is 31.8 Å². The number of carbonyl (C=O) groups is 2. The Kier molecular flexibility index (Phi) is 6.09. The maximum absolute atomic E-state index is 12.2. The fourth-order valence-corrected chi connectivity index (χ4v) is 2.29. The molecule has 0 aliphatic heterocycles. The molecule has 2 aromatic rings. The molecule has 0 bridgehead atoms. The van der Waals surface area contributed by atoms with Crippen LogP contribution in [0.25, 0.3) is 0 Å². The van der Waals surface area contributed by atoms with Gasteiger partial charge in [-0.25, -0.2) is 0 Å². The second kappa shape index (κ2) is 8.26. The van der Waals surface area contributed by atoms with Gasteiger partial charge in [-0.15, -0.1) is 0 Å². The Morgan fingerprint density at radius 1 is 1.00 bits per heavy atom. The fraction of sp³-hybridized carbons (Fsp3) is 0.263. The van der Waals surface area contributed by atoms with Crippen LogP contribution in [-0.4, -0.2) is 42.5 Å². The van der Waals surface area contributed by atoms with E-state index in [-0.39, 0.29) is 18.4 Å². The monoisotopic (exact) mass is 326 g/mol. The highest BCUT2D eigenvalue weighted by molar-refractivity contribution is 5.99. The van der Waals surface area contributed by atoms with Gasteiger partial charge < -0.3 is 15.3 Å². The number of benzene rings is 2. The van der Waals surface area contributed by atoms with Gasteiger partial charge in [0.15, 0.2) is 0 Å². The fourth-order valence-electron chi connectivity index (χ4n) is 2.29. The summed E-state index contributed by atoms with van der Waals surface area (Å²) < 4.78 is 0. The number of nitrogens with zero attached hydrogens (tertiary/aromatic N) is 1. The molecule has 5 nitrogen and oxygen atoms in total. The van der Waals surface area contributed by atoms with Crippen molar-refractivity contribution in [3.05, 3.63) is 70.8 Å². The van der Waals surface area contributed by atoms with Gasteiger partial charge in [-0.2, -0.15) is 0 Å². The van der Waals surface area contributed by atoms with Crippen molar-refractivity contribution in [2.24, 2.45) is 0 Å². The third kappa shape index (κ3) is 4.67. The van der Waals surface area contributed by atoms with Crippen molar-refractivity contribution in [2.75, 3.05) is 20.6 Å². The molecule has 2 rings (SSSR count). The highest BCUT2D eigenvalue weighted by atomic mass is 16.3. The number of aliphatic hydroxyl groups is 1. The average molecular weight is 326 g/mol. The van der Waals surface area contributed by atoms with Gasteiger partial charge in [0, 0.05) is 31.8 Å². The highest BCUT2D eigenvalue weighted by Crippen LogP contribution is 2.08. The maximum atomic E-state index is 12.2. The van der Waals surface area contributed by atoms with Crippen molar-refractivity contribution in [1.82, 2.24) is 10.2 Å². The normalized spacial score (nSPS) is 10.3. The van der Waals surface area contributed by atoms with Gasteiger partial charge in [0.1, 0.15) is 0 Å². The molecule has 0 saturated heterocycles. The summed E-state index contributed by atoms with van der Waals surface area (Å²) in [6.45, 7) is 0.530. The Balaban J connectivity index is 1.92. The minimum atomic E-state index is -0.199. The highest BCUT2D eigenvalue weighted by Gasteiger charge is 2.11. The first-order valence-electron chi connectivity index (χ1n) is 7.80. The number of nitrogens with one attached hydrogen (secondary N) is 1. The van der Waals surface area contributed by atoms with E-state index in [1.165, 1.54) is 4.90 Å². The Morgan fingerprint density at radius 2 is 1.62 bits per heavy atom. The minimum absolute atomic E-state index is 0.0268. The van der Waals surface area contributed by atoms with Gasteiger partial charge in [0.2, 0.25) is 0 Å². The number of hydrogen-bond acceptors (Lipinski definition) is 3. The van der Waals surface area contributed by atoms with Crippen LogP contribution in [0, 0.1) is 0 Å². The molecule has 0 aliphatic rings. The molecule has 2 amide bonds. The first kappa shape index (κ1) is 17.7. The summed E-state index contributed by atoms with van der Waals surface area (Å²) in [5.74, 6) is -0.330. The van der Waals surface area contributed by atoms with Crippen molar-refractivity contribution in [3.8, 4) is 0 Å². The molecule has 24 heavy (non-hydrogen) atoms. The van der Waals surface area contributed by atoms with Gasteiger partial charge in [0.05, 0.1) is 6.61 Å². The Hall–Kier alpha value is -2.66. The Labute approximate surface area is 141 Å². The summed E-state index contributed by atoms with van der Waals surface area (Å²) in [5.41, 5.74) is 2.92. The van der Waals surface area contributed by atoms with Crippen LogP contribution >= 0.6 is 0 Å². The van der Waals surface area contributed by atoms with Crippen LogP contribution in [0.3, 0.4) is 0 Å². The minimum Gasteiger partial charge on any atom is -0.392 e. The van der Waals surface area contributed by atoms with Crippen molar-refractivity contribution >= 4 is 11.8 Å². The summed E-state index contributed by atoms with van der Waals surface area (Å²) in [4.78, 5) is 25.6. The van der Waals surface area contributed by atoms with Crippen molar-refractivity contribution < 1.29 is 14.7 Å². The molecule has 2 N–H and O–H groups in total. The van der Waals surface area contributed by atoms with E-state index < -0.39 is 0 Å². The maximum Gasteiger partial charge on any atom is 0.253 e. The van der Waals surface area contributed by atoms with Crippen LogP contribution in [0.5, 0.6) is 0 Å². The second-order valence-corrected chi connectivity index (χ2v) is 5.76. The van der Waals surface area contributed by atoms with E-state index in [9.17, 15) is 9.59 Å². The van der Waals surface area contributed by atoms with E-state index in [1.807, 2.05) is 24.3 Å². The summed E-state index contributed by atoms with van der Waals surface area (Å²) in [5, 5.41) is 11.9. The number of carbonyl (C=O) groups excluding carboxylic acids is 2. The number of aliphatic hydroxyl groups excluding tert-OH is 1. The van der Waals surface area contributed by atoms with Crippen molar-refractivity contribution in [1.29, 1.82) is 0 Å². The summed E-state index contributed by atoms with van der Waals surface area (Å²) in [7, 11) is 3.36. The zero-order valence-electron chi connectivity index (χ0n) is 14.0. The lowest BCUT2D eigenvalue weighted by Gasteiger charge is -2.11. The zero-order valence-corrected chi connectivity index (χ0v) is 14.0. The second-order valence-electron chi connectivity index (χ2n) is 5.76. The van der Waals surface area contributed by atoms with E-state index >= 15 is 0 Å². The smallest absolute Gasteiger partial charge is 0.253 e. The quantitative estimate of drug-likeness (QED) is 0.851. The third-order valence-corrected chi connectivity index (χ3v) is 3.68. The number of rotatable bonds is 6. The SMILES string of the molecule is CN(C)C(=O)c1cccc(C(=O)NCCc2ccc(CO)cc2)c1. The van der Waals surface area contributed by atoms with Gasteiger partial charge in [-0.1, -0.05) is 30.3 Å². The predicted octanol–water partition coefficient (Wildman–Crippen LogP) is 1.85. The van der Waals surface area contributed by atoms with Crippen molar-refractivity contribution in [2.45, 2.75) is 13.0 Å². The molecule has 0 radical (unpaired) electrons. The largest absolute Gasteiger partial charge is 0.392 e. The zero-order chi connectivity index (χ0) is 17.5. The van der Waals surface area contributed by atoms with Gasteiger partial charge >= 0.3 is 0 Å². The molecule has 0 aromatic heterocycles. The van der Waals surface area contributed by atoms with Gasteiger partial charge in [0.25, 0.3) is 11.8 Å². The lowest BCUT2D eigenvalue weighted by Crippen LogP contribution is -2.26. The summed E-state index contributed by atoms with van der Waals surface area (Å²) in [6, 6.07) is 14.3. The van der Waals surface area contributed by atoms with E-state index in [4.69, 9.17) is 5.11 Å². The van der Waals surface area contributed by atoms with Gasteiger partial charge in [-0.05, 0) is 35.7 Å². The molecule has 126 valence electrons. The molecular weight excluding hydrogens is 304 g/mol. The molecular formula is C19H22N2O3. The van der Waals surface area contributed by atoms with E-state index in [0.29, 0.717) is 24.1 Å². The Bertz CT molecular complexity index is 709. The molecule has 5 heteroatoms. The average Bonchev–Trinajstić information content (AvgIpc) is 2.61. The molecule has 0 saturated carbocycles. The summed E-state index contributed by atoms with van der Waals surface area (Å²) in [6.07, 6.45) is 0.702. The molecule has 0 heterocycles. The van der Waals surface area contributed by atoms with E-state index in [0.717, 1.165) is 11.1 Å². The van der Waals surface area contributed by atoms with E-state index in [1.54, 1.807) is 38.4 Å².